The van der Waals surface area contributed by atoms with Crippen LogP contribution in [0.15, 0.2) is 42.5 Å². The maximum absolute atomic E-state index is 15.8. The fourth-order valence-electron chi connectivity index (χ4n) is 4.78. The molecule has 1 aliphatic carbocycles. The lowest BCUT2D eigenvalue weighted by atomic mass is 9.83. The van der Waals surface area contributed by atoms with Gasteiger partial charge in [0.2, 0.25) is 5.78 Å². The van der Waals surface area contributed by atoms with Crippen molar-refractivity contribution in [3.63, 3.8) is 0 Å². The first-order valence-electron chi connectivity index (χ1n) is 10.7. The molecule has 0 bridgehead atoms. The molecular weight excluding hydrogens is 395 g/mol. The van der Waals surface area contributed by atoms with E-state index >= 15 is 4.39 Å². The Morgan fingerprint density at radius 2 is 1.94 bits per heavy atom. The Morgan fingerprint density at radius 1 is 1.19 bits per heavy atom. The van der Waals surface area contributed by atoms with E-state index in [0.29, 0.717) is 22.6 Å². The largest absolute Gasteiger partial charge is 0.493 e. The second-order valence-electron chi connectivity index (χ2n) is 8.49. The standard InChI is InChI=1S/C25H27FN2O3/c1-30-22-14-21-20(13-23(22)31-12-9-27)16-25(26,24(21)29)15-18-7-10-28(11-8-18)17-19-5-3-2-4-6-19/h2-6,13-14,18H,7-8,10-12,15-17H2,1H3. The third-order valence-electron chi connectivity index (χ3n) is 6.37. The lowest BCUT2D eigenvalue weighted by Crippen LogP contribution is -2.38. The van der Waals surface area contributed by atoms with Crippen LogP contribution in [0.4, 0.5) is 4.39 Å². The van der Waals surface area contributed by atoms with Crippen molar-refractivity contribution in [2.75, 3.05) is 26.8 Å². The number of methoxy groups -OCH3 is 1. The molecule has 1 atom stereocenters. The molecule has 2 aromatic carbocycles. The number of hydrogen-bond donors (Lipinski definition) is 0. The van der Waals surface area contributed by atoms with Gasteiger partial charge in [-0.05, 0) is 61.5 Å². The van der Waals surface area contributed by atoms with E-state index < -0.39 is 11.5 Å². The summed E-state index contributed by atoms with van der Waals surface area (Å²) in [7, 11) is 1.46. The number of likely N-dealkylation sites (tertiary alicyclic amines) is 1. The predicted molar refractivity (Wildman–Crippen MR) is 115 cm³/mol. The summed E-state index contributed by atoms with van der Waals surface area (Å²) in [5.74, 6) is 0.445. The lowest BCUT2D eigenvalue weighted by molar-refractivity contribution is 0.0587. The van der Waals surface area contributed by atoms with Crippen molar-refractivity contribution in [3.05, 3.63) is 59.2 Å². The van der Waals surface area contributed by atoms with E-state index in [1.165, 1.54) is 12.7 Å². The Labute approximate surface area is 182 Å². The van der Waals surface area contributed by atoms with E-state index in [0.717, 1.165) is 32.5 Å². The van der Waals surface area contributed by atoms with Crippen LogP contribution in [0.2, 0.25) is 0 Å². The molecule has 0 N–H and O–H groups in total. The molecule has 162 valence electrons. The van der Waals surface area contributed by atoms with E-state index in [-0.39, 0.29) is 25.4 Å². The molecule has 1 heterocycles. The molecule has 6 heteroatoms. The molecule has 31 heavy (non-hydrogen) atoms. The van der Waals surface area contributed by atoms with Crippen LogP contribution < -0.4 is 9.47 Å². The maximum atomic E-state index is 15.8. The van der Waals surface area contributed by atoms with E-state index in [4.69, 9.17) is 14.7 Å². The Balaban J connectivity index is 1.39. The van der Waals surface area contributed by atoms with Crippen LogP contribution in [0.5, 0.6) is 11.5 Å². The van der Waals surface area contributed by atoms with Gasteiger partial charge in [0.15, 0.2) is 23.8 Å². The van der Waals surface area contributed by atoms with Crippen LogP contribution in [-0.4, -0.2) is 43.2 Å². The summed E-state index contributed by atoms with van der Waals surface area (Å²) in [6, 6.07) is 15.5. The minimum atomic E-state index is -1.88. The number of ether oxygens (including phenoxy) is 2. The number of hydrogen-bond acceptors (Lipinski definition) is 5. The Kier molecular flexibility index (Phi) is 6.24. The molecule has 2 aliphatic rings. The second-order valence-corrected chi connectivity index (χ2v) is 8.49. The summed E-state index contributed by atoms with van der Waals surface area (Å²) < 4.78 is 26.5. The highest BCUT2D eigenvalue weighted by atomic mass is 19.1. The van der Waals surface area contributed by atoms with E-state index in [1.807, 2.05) is 24.3 Å². The molecule has 5 nitrogen and oxygen atoms in total. The van der Waals surface area contributed by atoms with Crippen molar-refractivity contribution in [2.24, 2.45) is 5.92 Å². The number of piperidine rings is 1. The SMILES string of the molecule is COc1cc2c(cc1OCC#N)CC(F)(CC1CCN(Cc3ccccc3)CC1)C2=O. The zero-order chi connectivity index (χ0) is 21.8. The predicted octanol–water partition coefficient (Wildman–Crippen LogP) is 4.35. The number of nitrogens with zero attached hydrogens (tertiary/aromatic N) is 2. The highest BCUT2D eigenvalue weighted by Crippen LogP contribution is 2.43. The molecule has 1 unspecified atom stereocenters. The fourth-order valence-corrected chi connectivity index (χ4v) is 4.78. The Bertz CT molecular complexity index is 980. The minimum absolute atomic E-state index is 0.0539. The Hall–Kier alpha value is -2.91. The molecule has 2 aromatic rings. The first-order valence-corrected chi connectivity index (χ1v) is 10.7. The van der Waals surface area contributed by atoms with E-state index in [1.54, 1.807) is 12.1 Å². The lowest BCUT2D eigenvalue weighted by Gasteiger charge is -2.34. The van der Waals surface area contributed by atoms with Crippen LogP contribution in [0.3, 0.4) is 0 Å². The van der Waals surface area contributed by atoms with Crippen LogP contribution in [0, 0.1) is 17.2 Å². The first kappa shape index (κ1) is 21.3. The number of nitriles is 1. The monoisotopic (exact) mass is 422 g/mol. The van der Waals surface area contributed by atoms with Crippen LogP contribution >= 0.6 is 0 Å². The van der Waals surface area contributed by atoms with Crippen molar-refractivity contribution in [3.8, 4) is 17.6 Å². The van der Waals surface area contributed by atoms with Crippen LogP contribution in [0.25, 0.3) is 0 Å². The number of rotatable bonds is 7. The molecule has 0 saturated carbocycles. The van der Waals surface area contributed by atoms with Gasteiger partial charge >= 0.3 is 0 Å². The number of Topliss-reactive ketones (excluding diaryl/α,β-unsaturated/α-hetero) is 1. The van der Waals surface area contributed by atoms with Gasteiger partial charge < -0.3 is 9.47 Å². The fraction of sp³-hybridized carbons (Fsp3) is 0.440. The second kappa shape index (κ2) is 9.07. The third kappa shape index (κ3) is 4.57. The maximum Gasteiger partial charge on any atom is 0.200 e. The quantitative estimate of drug-likeness (QED) is 0.664. The van der Waals surface area contributed by atoms with Gasteiger partial charge in [-0.15, -0.1) is 0 Å². The van der Waals surface area contributed by atoms with Gasteiger partial charge in [0, 0.05) is 18.5 Å². The summed E-state index contributed by atoms with van der Waals surface area (Å²) in [6.45, 7) is 2.60. The third-order valence-corrected chi connectivity index (χ3v) is 6.37. The van der Waals surface area contributed by atoms with Gasteiger partial charge in [0.05, 0.1) is 7.11 Å². The summed E-state index contributed by atoms with van der Waals surface area (Å²) in [5, 5.41) is 8.76. The molecule has 0 radical (unpaired) electrons. The number of ketones is 1. The number of fused-ring (bicyclic) bond motifs is 1. The molecule has 4 rings (SSSR count). The van der Waals surface area contributed by atoms with Crippen molar-refractivity contribution >= 4 is 5.78 Å². The molecule has 0 spiro atoms. The number of benzene rings is 2. The van der Waals surface area contributed by atoms with Gasteiger partial charge in [-0.3, -0.25) is 9.69 Å². The average Bonchev–Trinajstić information content (AvgIpc) is 3.02. The topological polar surface area (TPSA) is 62.6 Å². The van der Waals surface area contributed by atoms with Gasteiger partial charge in [-0.1, -0.05) is 30.3 Å². The van der Waals surface area contributed by atoms with Gasteiger partial charge in [0.1, 0.15) is 6.07 Å². The van der Waals surface area contributed by atoms with Crippen molar-refractivity contribution in [1.82, 2.24) is 4.90 Å². The number of carbonyl (C=O) groups is 1. The van der Waals surface area contributed by atoms with Crippen molar-refractivity contribution in [2.45, 2.75) is 37.9 Å². The normalized spacial score (nSPS) is 21.5. The van der Waals surface area contributed by atoms with Gasteiger partial charge in [-0.25, -0.2) is 4.39 Å². The first-order chi connectivity index (χ1) is 15.0. The van der Waals surface area contributed by atoms with Gasteiger partial charge in [0.25, 0.3) is 0 Å². The van der Waals surface area contributed by atoms with Crippen LogP contribution in [-0.2, 0) is 13.0 Å². The summed E-state index contributed by atoms with van der Waals surface area (Å²) in [5.41, 5.74) is 0.397. The molecule has 0 amide bonds. The molecule has 0 aromatic heterocycles. The van der Waals surface area contributed by atoms with Crippen molar-refractivity contribution in [1.29, 1.82) is 5.26 Å². The highest BCUT2D eigenvalue weighted by molar-refractivity contribution is 6.07. The molecule has 1 aliphatic heterocycles. The van der Waals surface area contributed by atoms with E-state index in [9.17, 15) is 4.79 Å². The molecule has 1 saturated heterocycles. The number of alkyl halides is 1. The van der Waals surface area contributed by atoms with Crippen LogP contribution in [0.1, 0.15) is 40.7 Å². The summed E-state index contributed by atoms with van der Waals surface area (Å²) in [4.78, 5) is 15.4. The number of halogens is 1. The smallest absolute Gasteiger partial charge is 0.200 e. The Morgan fingerprint density at radius 3 is 2.61 bits per heavy atom. The van der Waals surface area contributed by atoms with Gasteiger partial charge in [-0.2, -0.15) is 5.26 Å². The zero-order valence-corrected chi connectivity index (χ0v) is 17.8. The molecule has 1 fully saturated rings. The summed E-state index contributed by atoms with van der Waals surface area (Å²) >= 11 is 0. The highest BCUT2D eigenvalue weighted by Gasteiger charge is 2.48. The number of carbonyl (C=O) groups excluding carboxylic acids is 1. The molecular formula is C25H27FN2O3. The average molecular weight is 423 g/mol. The summed E-state index contributed by atoms with van der Waals surface area (Å²) in [6.07, 6.45) is 2.08. The van der Waals surface area contributed by atoms with E-state index in [2.05, 4.69) is 17.0 Å². The zero-order valence-electron chi connectivity index (χ0n) is 17.8. The minimum Gasteiger partial charge on any atom is -0.493 e. The van der Waals surface area contributed by atoms with Crippen molar-refractivity contribution < 1.29 is 18.7 Å².